The number of benzene rings is 1. The summed E-state index contributed by atoms with van der Waals surface area (Å²) in [5.41, 5.74) is 2.95. The van der Waals surface area contributed by atoms with Crippen LogP contribution in [0.15, 0.2) is 24.3 Å². The van der Waals surface area contributed by atoms with Crippen molar-refractivity contribution < 1.29 is 14.6 Å². The minimum atomic E-state index is -0.150. The number of aliphatic hydroxyl groups is 1. The second-order valence-corrected chi connectivity index (χ2v) is 4.08. The third kappa shape index (κ3) is 4.01. The molecule has 1 aromatic heterocycles. The van der Waals surface area contributed by atoms with Crippen LogP contribution in [-0.4, -0.2) is 26.7 Å². The van der Waals surface area contributed by atoms with Crippen molar-refractivity contribution in [2.45, 2.75) is 20.0 Å². The maximum Gasteiger partial charge on any atom is 0.330 e. The highest BCUT2D eigenvalue weighted by atomic mass is 16.5. The van der Waals surface area contributed by atoms with E-state index in [1.807, 2.05) is 6.92 Å². The molecule has 0 spiro atoms. The maximum atomic E-state index is 9.28. The number of rotatable bonds is 7. The average Bonchev–Trinajstić information content (AvgIpc) is 2.53. The van der Waals surface area contributed by atoms with Gasteiger partial charge in [0.1, 0.15) is 5.75 Å². The van der Waals surface area contributed by atoms with Gasteiger partial charge in [0, 0.05) is 5.56 Å². The number of nitrogens with two attached hydrogens (primary N) is 1. The summed E-state index contributed by atoms with van der Waals surface area (Å²) in [6.07, 6.45) is 0.820. The van der Waals surface area contributed by atoms with Gasteiger partial charge >= 0.3 is 12.0 Å². The molecule has 0 aliphatic carbocycles. The van der Waals surface area contributed by atoms with Crippen LogP contribution in [0.1, 0.15) is 18.9 Å². The van der Waals surface area contributed by atoms with Gasteiger partial charge < -0.3 is 14.6 Å². The van der Waals surface area contributed by atoms with E-state index in [0.717, 1.165) is 6.42 Å². The molecule has 8 heteroatoms. The molecule has 0 fully saturated rings. The Hall–Kier alpha value is -2.45. The molecule has 2 aromatic rings. The fraction of sp³-hybridized carbons (Fsp3) is 0.308. The molecule has 2 rings (SSSR count). The minimum absolute atomic E-state index is 0.0324. The topological polar surface area (TPSA) is 115 Å². The van der Waals surface area contributed by atoms with Gasteiger partial charge in [0.25, 0.3) is 0 Å². The molecule has 4 N–H and O–H groups in total. The molecule has 0 amide bonds. The molecule has 112 valence electrons. The second-order valence-electron chi connectivity index (χ2n) is 4.08. The zero-order chi connectivity index (χ0) is 15.1. The van der Waals surface area contributed by atoms with E-state index in [0.29, 0.717) is 17.9 Å². The summed E-state index contributed by atoms with van der Waals surface area (Å²) in [5.74, 6) is 5.90. The van der Waals surface area contributed by atoms with Crippen LogP contribution in [0.4, 0.5) is 5.95 Å². The molecule has 1 heterocycles. The normalized spacial score (nSPS) is 10.2. The lowest BCUT2D eigenvalue weighted by molar-refractivity contribution is 0.272. The number of aromatic nitrogens is 3. The lowest BCUT2D eigenvalue weighted by Gasteiger charge is -2.10. The van der Waals surface area contributed by atoms with Crippen LogP contribution in [0, 0.1) is 0 Å². The molecule has 0 aliphatic heterocycles. The first kappa shape index (κ1) is 14.9. The Balaban J connectivity index is 2.25. The number of para-hydroxylation sites is 1. The molecule has 0 saturated heterocycles. The van der Waals surface area contributed by atoms with Crippen LogP contribution >= 0.6 is 0 Å². The predicted molar refractivity (Wildman–Crippen MR) is 75.9 cm³/mol. The number of anilines is 1. The van der Waals surface area contributed by atoms with Crippen molar-refractivity contribution in [3.8, 4) is 17.8 Å². The number of hydrogen-bond donors (Lipinski definition) is 3. The summed E-state index contributed by atoms with van der Waals surface area (Å²) in [4.78, 5) is 12.0. The lowest BCUT2D eigenvalue weighted by atomic mass is 10.2. The Bertz CT molecular complexity index is 594. The van der Waals surface area contributed by atoms with E-state index in [-0.39, 0.29) is 24.6 Å². The number of hydrogen-bond acceptors (Lipinski definition) is 8. The monoisotopic (exact) mass is 291 g/mol. The third-order valence-corrected chi connectivity index (χ3v) is 2.50. The van der Waals surface area contributed by atoms with E-state index in [1.54, 1.807) is 24.3 Å². The molecule has 0 radical (unpaired) electrons. The highest BCUT2D eigenvalue weighted by Gasteiger charge is 2.10. The van der Waals surface area contributed by atoms with Crippen molar-refractivity contribution in [3.05, 3.63) is 29.8 Å². The zero-order valence-electron chi connectivity index (χ0n) is 11.6. The van der Waals surface area contributed by atoms with Crippen LogP contribution < -0.4 is 20.7 Å². The first-order valence-corrected chi connectivity index (χ1v) is 6.49. The summed E-state index contributed by atoms with van der Waals surface area (Å²) < 4.78 is 10.9. The average molecular weight is 291 g/mol. The minimum Gasteiger partial charge on any atom is -0.463 e. The van der Waals surface area contributed by atoms with Crippen molar-refractivity contribution in [2.75, 3.05) is 12.0 Å². The van der Waals surface area contributed by atoms with Crippen LogP contribution in [0.3, 0.4) is 0 Å². The lowest BCUT2D eigenvalue weighted by Crippen LogP contribution is -2.13. The molecule has 1 aromatic carbocycles. The zero-order valence-corrected chi connectivity index (χ0v) is 11.6. The Morgan fingerprint density at radius 2 is 1.95 bits per heavy atom. The highest BCUT2D eigenvalue weighted by Crippen LogP contribution is 2.24. The van der Waals surface area contributed by atoms with Crippen LogP contribution in [0.2, 0.25) is 0 Å². The van der Waals surface area contributed by atoms with Crippen LogP contribution in [0.25, 0.3) is 0 Å². The van der Waals surface area contributed by atoms with Gasteiger partial charge in [0.15, 0.2) is 0 Å². The van der Waals surface area contributed by atoms with Gasteiger partial charge in [-0.15, -0.1) is 4.98 Å². The third-order valence-electron chi connectivity index (χ3n) is 2.50. The summed E-state index contributed by atoms with van der Waals surface area (Å²) in [5, 5.41) is 9.28. The van der Waals surface area contributed by atoms with Crippen molar-refractivity contribution in [1.29, 1.82) is 0 Å². The van der Waals surface area contributed by atoms with E-state index in [9.17, 15) is 5.11 Å². The molecule has 8 nitrogen and oxygen atoms in total. The number of ether oxygens (including phenoxy) is 2. The number of nitrogens with one attached hydrogen (secondary N) is 1. The second kappa shape index (κ2) is 7.36. The van der Waals surface area contributed by atoms with Gasteiger partial charge in [-0.3, -0.25) is 5.43 Å². The SMILES string of the molecule is CCCOc1nc(NN)nc(Oc2ccccc2CO)n1. The van der Waals surface area contributed by atoms with Gasteiger partial charge in [0.05, 0.1) is 13.2 Å². The quantitative estimate of drug-likeness (QED) is 0.515. The fourth-order valence-corrected chi connectivity index (χ4v) is 1.54. The first-order valence-electron chi connectivity index (χ1n) is 6.49. The van der Waals surface area contributed by atoms with Gasteiger partial charge in [-0.2, -0.15) is 9.97 Å². The summed E-state index contributed by atoms with van der Waals surface area (Å²) in [6.45, 7) is 2.29. The van der Waals surface area contributed by atoms with Gasteiger partial charge in [-0.05, 0) is 12.5 Å². The van der Waals surface area contributed by atoms with Gasteiger partial charge in [0.2, 0.25) is 5.95 Å². The number of nitrogen functional groups attached to an aromatic ring is 1. The van der Waals surface area contributed by atoms with Crippen LogP contribution in [0.5, 0.6) is 17.8 Å². The molecular formula is C13H17N5O3. The highest BCUT2D eigenvalue weighted by molar-refractivity contribution is 5.35. The fourth-order valence-electron chi connectivity index (χ4n) is 1.54. The molecule has 0 bridgehead atoms. The van der Waals surface area contributed by atoms with Crippen molar-refractivity contribution >= 4 is 5.95 Å². The predicted octanol–water partition coefficient (Wildman–Crippen LogP) is 1.23. The van der Waals surface area contributed by atoms with E-state index in [1.165, 1.54) is 0 Å². The van der Waals surface area contributed by atoms with Crippen molar-refractivity contribution in [3.63, 3.8) is 0 Å². The van der Waals surface area contributed by atoms with E-state index in [4.69, 9.17) is 15.3 Å². The summed E-state index contributed by atoms with van der Waals surface area (Å²) >= 11 is 0. The largest absolute Gasteiger partial charge is 0.463 e. The molecule has 0 unspecified atom stereocenters. The van der Waals surface area contributed by atoms with Crippen LogP contribution in [-0.2, 0) is 6.61 Å². The Morgan fingerprint density at radius 1 is 1.19 bits per heavy atom. The van der Waals surface area contributed by atoms with E-state index in [2.05, 4.69) is 20.4 Å². The maximum absolute atomic E-state index is 9.28. The molecular weight excluding hydrogens is 274 g/mol. The Kier molecular flexibility index (Phi) is 5.24. The molecule has 0 atom stereocenters. The number of hydrazine groups is 1. The Morgan fingerprint density at radius 3 is 2.67 bits per heavy atom. The van der Waals surface area contributed by atoms with Crippen molar-refractivity contribution in [1.82, 2.24) is 15.0 Å². The standard InChI is InChI=1S/C13H17N5O3/c1-2-7-20-12-15-11(18-14)16-13(17-12)21-10-6-4-3-5-9(10)8-19/h3-6,19H,2,7-8,14H2,1H3,(H,15,16,17,18). The van der Waals surface area contributed by atoms with Gasteiger partial charge in [-0.25, -0.2) is 5.84 Å². The smallest absolute Gasteiger partial charge is 0.330 e. The first-order chi connectivity index (χ1) is 10.3. The number of aliphatic hydroxyl groups excluding tert-OH is 1. The Labute approximate surface area is 121 Å². The summed E-state index contributed by atoms with van der Waals surface area (Å²) in [7, 11) is 0. The summed E-state index contributed by atoms with van der Waals surface area (Å²) in [6, 6.07) is 7.19. The number of nitrogens with zero attached hydrogens (tertiary/aromatic N) is 3. The molecule has 0 saturated carbocycles. The molecule has 21 heavy (non-hydrogen) atoms. The van der Waals surface area contributed by atoms with E-state index < -0.39 is 0 Å². The van der Waals surface area contributed by atoms with Gasteiger partial charge in [-0.1, -0.05) is 25.1 Å². The van der Waals surface area contributed by atoms with E-state index >= 15 is 0 Å². The van der Waals surface area contributed by atoms with Crippen molar-refractivity contribution in [2.24, 2.45) is 5.84 Å². The molecule has 0 aliphatic rings.